The average Bonchev–Trinajstić information content (AvgIpc) is 2.87. The summed E-state index contributed by atoms with van der Waals surface area (Å²) in [5, 5.41) is 8.55. The highest BCUT2D eigenvalue weighted by molar-refractivity contribution is 7.80. The van der Waals surface area contributed by atoms with Crippen LogP contribution in [0.5, 0.6) is 0 Å². The van der Waals surface area contributed by atoms with Crippen LogP contribution >= 0.6 is 12.2 Å². The highest BCUT2D eigenvalue weighted by atomic mass is 32.1. The van der Waals surface area contributed by atoms with E-state index in [2.05, 4.69) is 59.1 Å². The molecule has 0 amide bonds. The smallest absolute Gasteiger partial charge is 0.166 e. The van der Waals surface area contributed by atoms with Gasteiger partial charge in [-0.15, -0.1) is 0 Å². The van der Waals surface area contributed by atoms with Crippen molar-refractivity contribution in [1.29, 1.82) is 0 Å². The minimum atomic E-state index is 0.380. The molecule has 2 nitrogen and oxygen atoms in total. The maximum atomic E-state index is 5.87. The van der Waals surface area contributed by atoms with Gasteiger partial charge in [0.2, 0.25) is 0 Å². The molecule has 3 rings (SSSR count). The average molecular weight is 379 g/mol. The molecule has 3 heteroatoms. The summed E-state index contributed by atoms with van der Waals surface area (Å²) in [5.41, 5.74) is 0.816. The van der Waals surface area contributed by atoms with Crippen LogP contribution < -0.4 is 10.6 Å². The Bertz CT molecular complexity index is 510. The number of hydrogen-bond donors (Lipinski definition) is 2. The van der Waals surface area contributed by atoms with Gasteiger partial charge in [0, 0.05) is 12.1 Å². The summed E-state index contributed by atoms with van der Waals surface area (Å²) in [6, 6.07) is 1.07. The lowest BCUT2D eigenvalue weighted by atomic mass is 9.68. The number of hydrogen-bond acceptors (Lipinski definition) is 1. The van der Waals surface area contributed by atoms with Gasteiger partial charge in [0.05, 0.1) is 0 Å². The molecule has 2 N–H and O–H groups in total. The van der Waals surface area contributed by atoms with E-state index in [0.29, 0.717) is 22.9 Å². The lowest BCUT2D eigenvalue weighted by Gasteiger charge is -2.44. The minimum absolute atomic E-state index is 0.380. The van der Waals surface area contributed by atoms with Gasteiger partial charge in [-0.3, -0.25) is 0 Å². The van der Waals surface area contributed by atoms with Crippen molar-refractivity contribution in [3.8, 4) is 0 Å². The van der Waals surface area contributed by atoms with Crippen LogP contribution in [-0.2, 0) is 0 Å². The van der Waals surface area contributed by atoms with Gasteiger partial charge >= 0.3 is 0 Å². The molecule has 0 aliphatic heterocycles. The van der Waals surface area contributed by atoms with Crippen molar-refractivity contribution in [2.45, 2.75) is 99.1 Å². The maximum absolute atomic E-state index is 5.87. The van der Waals surface area contributed by atoms with E-state index in [9.17, 15) is 0 Å². The predicted octanol–water partition coefficient (Wildman–Crippen LogP) is 5.76. The molecule has 2 bridgehead atoms. The SMILES string of the molecule is CC(C)C1CCCC(C(C)C)C1NC(=S)NC1CC2CCC1(C)C2(C)C. The molecule has 3 saturated carbocycles. The number of rotatable bonds is 4. The first-order chi connectivity index (χ1) is 12.1. The Morgan fingerprint density at radius 3 is 1.92 bits per heavy atom. The molecule has 3 aliphatic rings. The first kappa shape index (κ1) is 20.4. The molecule has 5 unspecified atom stereocenters. The zero-order chi connectivity index (χ0) is 19.3. The largest absolute Gasteiger partial charge is 0.359 e. The molecular weight excluding hydrogens is 336 g/mol. The van der Waals surface area contributed by atoms with Gasteiger partial charge in [-0.2, -0.15) is 0 Å². The molecule has 0 heterocycles. The molecule has 0 aromatic carbocycles. The van der Waals surface area contributed by atoms with E-state index in [1.54, 1.807) is 0 Å². The van der Waals surface area contributed by atoms with Gasteiger partial charge in [0.25, 0.3) is 0 Å². The number of fused-ring (bicyclic) bond motifs is 2. The first-order valence-electron chi connectivity index (χ1n) is 11.1. The van der Waals surface area contributed by atoms with E-state index in [1.165, 1.54) is 38.5 Å². The van der Waals surface area contributed by atoms with Gasteiger partial charge in [-0.25, -0.2) is 0 Å². The maximum Gasteiger partial charge on any atom is 0.166 e. The predicted molar refractivity (Wildman–Crippen MR) is 116 cm³/mol. The Kier molecular flexibility index (Phi) is 5.70. The Balaban J connectivity index is 1.68. The first-order valence-corrected chi connectivity index (χ1v) is 11.6. The van der Waals surface area contributed by atoms with Crippen LogP contribution in [0.25, 0.3) is 0 Å². The van der Waals surface area contributed by atoms with Crippen molar-refractivity contribution in [2.75, 3.05) is 0 Å². The van der Waals surface area contributed by atoms with Gasteiger partial charge in [0.1, 0.15) is 0 Å². The van der Waals surface area contributed by atoms with E-state index in [1.807, 2.05) is 0 Å². The fourth-order valence-electron chi connectivity index (χ4n) is 6.75. The van der Waals surface area contributed by atoms with E-state index in [4.69, 9.17) is 12.2 Å². The van der Waals surface area contributed by atoms with Crippen molar-refractivity contribution < 1.29 is 0 Å². The molecule has 0 aromatic heterocycles. The standard InChI is InChI=1S/C23H42N2S/c1-14(2)17-9-8-10-18(15(3)4)20(17)25-21(26)24-19-13-16-11-12-23(19,7)22(16,5)6/h14-20H,8-13H2,1-7H3,(H2,24,25,26). The van der Waals surface area contributed by atoms with Crippen LogP contribution in [0.3, 0.4) is 0 Å². The number of thiocarbonyl (C=S) groups is 1. The van der Waals surface area contributed by atoms with E-state index in [0.717, 1.165) is 34.7 Å². The van der Waals surface area contributed by atoms with Crippen LogP contribution in [0.1, 0.15) is 87.0 Å². The highest BCUT2D eigenvalue weighted by Gasteiger charge is 2.61. The third-order valence-electron chi connectivity index (χ3n) is 9.11. The summed E-state index contributed by atoms with van der Waals surface area (Å²) in [5.74, 6) is 3.77. The van der Waals surface area contributed by atoms with Gasteiger partial charge in [-0.05, 0) is 84.7 Å². The van der Waals surface area contributed by atoms with Gasteiger partial charge in [-0.1, -0.05) is 54.9 Å². The summed E-state index contributed by atoms with van der Waals surface area (Å²) in [6.45, 7) is 17.0. The molecule has 0 radical (unpaired) electrons. The molecule has 0 spiro atoms. The summed E-state index contributed by atoms with van der Waals surface area (Å²) in [7, 11) is 0. The van der Waals surface area contributed by atoms with E-state index in [-0.39, 0.29) is 0 Å². The normalized spacial score (nSPS) is 41.7. The van der Waals surface area contributed by atoms with Crippen molar-refractivity contribution in [3.63, 3.8) is 0 Å². The zero-order valence-corrected chi connectivity index (χ0v) is 19.0. The Morgan fingerprint density at radius 2 is 1.50 bits per heavy atom. The molecule has 0 saturated heterocycles. The van der Waals surface area contributed by atoms with Crippen LogP contribution in [-0.4, -0.2) is 17.2 Å². The second kappa shape index (κ2) is 7.26. The lowest BCUT2D eigenvalue weighted by Crippen LogP contribution is -2.56. The van der Waals surface area contributed by atoms with Gasteiger partial charge in [0.15, 0.2) is 5.11 Å². The second-order valence-electron chi connectivity index (χ2n) is 11.1. The van der Waals surface area contributed by atoms with E-state index < -0.39 is 0 Å². The van der Waals surface area contributed by atoms with Crippen molar-refractivity contribution in [2.24, 2.45) is 40.4 Å². The van der Waals surface area contributed by atoms with Gasteiger partial charge < -0.3 is 10.6 Å². The summed E-state index contributed by atoms with van der Waals surface area (Å²) >= 11 is 5.87. The molecule has 3 aliphatic carbocycles. The Morgan fingerprint density at radius 1 is 0.923 bits per heavy atom. The van der Waals surface area contributed by atoms with E-state index >= 15 is 0 Å². The minimum Gasteiger partial charge on any atom is -0.359 e. The highest BCUT2D eigenvalue weighted by Crippen LogP contribution is 2.65. The molecule has 5 atom stereocenters. The third-order valence-corrected chi connectivity index (χ3v) is 9.34. The van der Waals surface area contributed by atoms with Crippen molar-refractivity contribution in [3.05, 3.63) is 0 Å². The monoisotopic (exact) mass is 378 g/mol. The molecule has 3 fully saturated rings. The third kappa shape index (κ3) is 3.31. The molecule has 26 heavy (non-hydrogen) atoms. The fraction of sp³-hybridized carbons (Fsp3) is 0.957. The van der Waals surface area contributed by atoms with Crippen LogP contribution in [0, 0.1) is 40.4 Å². The van der Waals surface area contributed by atoms with Crippen molar-refractivity contribution >= 4 is 17.3 Å². The van der Waals surface area contributed by atoms with Crippen molar-refractivity contribution in [1.82, 2.24) is 10.6 Å². The second-order valence-corrected chi connectivity index (χ2v) is 11.5. The zero-order valence-electron chi connectivity index (χ0n) is 18.2. The molecular formula is C23H42N2S. The molecule has 150 valence electrons. The lowest BCUT2D eigenvalue weighted by molar-refractivity contribution is 0.120. The summed E-state index contributed by atoms with van der Waals surface area (Å²) in [4.78, 5) is 0. The summed E-state index contributed by atoms with van der Waals surface area (Å²) < 4.78 is 0. The molecule has 0 aromatic rings. The summed E-state index contributed by atoms with van der Waals surface area (Å²) in [6.07, 6.45) is 8.10. The Labute approximate surface area is 167 Å². The number of nitrogens with one attached hydrogen (secondary N) is 2. The quantitative estimate of drug-likeness (QED) is 0.608. The van der Waals surface area contributed by atoms with Crippen LogP contribution in [0.4, 0.5) is 0 Å². The topological polar surface area (TPSA) is 24.1 Å². The van der Waals surface area contributed by atoms with Crippen LogP contribution in [0.2, 0.25) is 0 Å². The van der Waals surface area contributed by atoms with Crippen LogP contribution in [0.15, 0.2) is 0 Å². The Hall–Kier alpha value is -0.310. The fourth-order valence-corrected chi connectivity index (χ4v) is 7.03.